The molecule has 1 N–H and O–H groups in total. The average Bonchev–Trinajstić information content (AvgIpc) is 3.16. The molecule has 0 radical (unpaired) electrons. The Labute approximate surface area is 122 Å². The Balaban J connectivity index is 1.74. The number of imidazole rings is 1. The second-order valence-corrected chi connectivity index (χ2v) is 5.15. The molecule has 1 aromatic carbocycles. The molecule has 0 atom stereocenters. The van der Waals surface area contributed by atoms with Crippen molar-refractivity contribution in [3.8, 4) is 22.5 Å². The average molecular weight is 274 g/mol. The number of benzene rings is 1. The number of aromatic amines is 1. The van der Waals surface area contributed by atoms with Gasteiger partial charge in [0.25, 0.3) is 0 Å². The molecule has 4 rings (SSSR count). The number of nitrogens with zero attached hydrogens (tertiary/aromatic N) is 3. The van der Waals surface area contributed by atoms with Gasteiger partial charge in [0.05, 0.1) is 11.4 Å². The summed E-state index contributed by atoms with van der Waals surface area (Å²) >= 11 is 0. The van der Waals surface area contributed by atoms with E-state index in [1.165, 1.54) is 5.56 Å². The minimum atomic E-state index is 0.966. The molecule has 4 heteroatoms. The van der Waals surface area contributed by atoms with Crippen LogP contribution >= 0.6 is 0 Å². The molecule has 102 valence electrons. The van der Waals surface area contributed by atoms with Crippen molar-refractivity contribution >= 4 is 5.65 Å². The van der Waals surface area contributed by atoms with E-state index in [-0.39, 0.29) is 0 Å². The first-order chi connectivity index (χ1) is 10.3. The van der Waals surface area contributed by atoms with Crippen LogP contribution in [0.25, 0.3) is 28.2 Å². The van der Waals surface area contributed by atoms with Crippen molar-refractivity contribution in [1.29, 1.82) is 0 Å². The standard InChI is InChI=1S/C17H14N4/c1-12-2-7-17-19-16(11-21(17)10-12)14-5-3-13(4-6-14)15-8-9-18-20-15/h2-11H,1H3,(H,18,20). The lowest BCUT2D eigenvalue weighted by Crippen LogP contribution is -1.82. The summed E-state index contributed by atoms with van der Waals surface area (Å²) in [6.45, 7) is 2.08. The van der Waals surface area contributed by atoms with Crippen LogP contribution in [0, 0.1) is 6.92 Å². The van der Waals surface area contributed by atoms with Crippen molar-refractivity contribution in [2.24, 2.45) is 0 Å². The number of pyridine rings is 1. The van der Waals surface area contributed by atoms with Crippen LogP contribution in [0.2, 0.25) is 0 Å². The Morgan fingerprint density at radius 2 is 1.71 bits per heavy atom. The molecule has 0 aliphatic heterocycles. The molecular weight excluding hydrogens is 260 g/mol. The third-order valence-corrected chi connectivity index (χ3v) is 3.59. The Kier molecular flexibility index (Phi) is 2.60. The molecule has 3 aromatic heterocycles. The third kappa shape index (κ3) is 2.10. The van der Waals surface area contributed by atoms with Crippen molar-refractivity contribution < 1.29 is 0 Å². The highest BCUT2D eigenvalue weighted by Crippen LogP contribution is 2.23. The van der Waals surface area contributed by atoms with Gasteiger partial charge < -0.3 is 4.40 Å². The number of nitrogens with one attached hydrogen (secondary N) is 1. The SMILES string of the molecule is Cc1ccc2nc(-c3ccc(-c4ccn[nH]4)cc3)cn2c1. The molecule has 0 amide bonds. The minimum Gasteiger partial charge on any atom is -0.306 e. The molecule has 4 nitrogen and oxygen atoms in total. The minimum absolute atomic E-state index is 0.966. The monoisotopic (exact) mass is 274 g/mol. The third-order valence-electron chi connectivity index (χ3n) is 3.59. The van der Waals surface area contributed by atoms with Crippen molar-refractivity contribution in [2.75, 3.05) is 0 Å². The first kappa shape index (κ1) is 11.9. The van der Waals surface area contributed by atoms with E-state index in [0.29, 0.717) is 0 Å². The summed E-state index contributed by atoms with van der Waals surface area (Å²) in [7, 11) is 0. The molecule has 3 heterocycles. The van der Waals surface area contributed by atoms with Crippen molar-refractivity contribution in [1.82, 2.24) is 19.6 Å². The number of aromatic nitrogens is 4. The van der Waals surface area contributed by atoms with Gasteiger partial charge in [-0.2, -0.15) is 5.10 Å². The summed E-state index contributed by atoms with van der Waals surface area (Å²) < 4.78 is 2.06. The zero-order valence-electron chi connectivity index (χ0n) is 11.6. The predicted molar refractivity (Wildman–Crippen MR) is 82.9 cm³/mol. The van der Waals surface area contributed by atoms with E-state index >= 15 is 0 Å². The predicted octanol–water partition coefficient (Wildman–Crippen LogP) is 3.70. The Hall–Kier alpha value is -2.88. The van der Waals surface area contributed by atoms with Crippen molar-refractivity contribution in [2.45, 2.75) is 6.92 Å². The van der Waals surface area contributed by atoms with E-state index in [4.69, 9.17) is 0 Å². The van der Waals surface area contributed by atoms with Gasteiger partial charge in [-0.25, -0.2) is 4.98 Å². The molecule has 0 aliphatic rings. The van der Waals surface area contributed by atoms with Crippen LogP contribution in [0.3, 0.4) is 0 Å². The lowest BCUT2D eigenvalue weighted by atomic mass is 10.1. The van der Waals surface area contributed by atoms with Gasteiger partial charge in [0.2, 0.25) is 0 Å². The maximum absolute atomic E-state index is 4.66. The highest BCUT2D eigenvalue weighted by Gasteiger charge is 2.05. The smallest absolute Gasteiger partial charge is 0.137 e. The number of H-pyrrole nitrogens is 1. The number of rotatable bonds is 2. The molecule has 0 saturated carbocycles. The molecule has 21 heavy (non-hydrogen) atoms. The second-order valence-electron chi connectivity index (χ2n) is 5.15. The number of aryl methyl sites for hydroxylation is 1. The highest BCUT2D eigenvalue weighted by molar-refractivity contribution is 5.68. The van der Waals surface area contributed by atoms with Gasteiger partial charge in [-0.15, -0.1) is 0 Å². The first-order valence-electron chi connectivity index (χ1n) is 6.85. The van der Waals surface area contributed by atoms with Gasteiger partial charge in [0, 0.05) is 24.2 Å². The van der Waals surface area contributed by atoms with Crippen molar-refractivity contribution in [3.05, 3.63) is 66.6 Å². The molecule has 4 aromatic rings. The van der Waals surface area contributed by atoms with Crippen LogP contribution in [0.5, 0.6) is 0 Å². The van der Waals surface area contributed by atoms with E-state index in [0.717, 1.165) is 28.2 Å². The summed E-state index contributed by atoms with van der Waals surface area (Å²) in [5.74, 6) is 0. The van der Waals surface area contributed by atoms with Crippen molar-refractivity contribution in [3.63, 3.8) is 0 Å². The topological polar surface area (TPSA) is 46.0 Å². The Bertz CT molecular complexity index is 886. The quantitative estimate of drug-likeness (QED) is 0.606. The van der Waals surface area contributed by atoms with Gasteiger partial charge in [-0.05, 0) is 30.2 Å². The lowest BCUT2D eigenvalue weighted by Gasteiger charge is -1.99. The zero-order chi connectivity index (χ0) is 14.2. The van der Waals surface area contributed by atoms with Crippen LogP contribution in [-0.2, 0) is 0 Å². The summed E-state index contributed by atoms with van der Waals surface area (Å²) in [4.78, 5) is 4.66. The molecule has 0 bridgehead atoms. The van der Waals surface area contributed by atoms with E-state index in [1.807, 2.05) is 12.1 Å². The number of fused-ring (bicyclic) bond motifs is 1. The Morgan fingerprint density at radius 3 is 2.48 bits per heavy atom. The highest BCUT2D eigenvalue weighted by atomic mass is 15.1. The van der Waals surface area contributed by atoms with Gasteiger partial charge in [0.15, 0.2) is 0 Å². The van der Waals surface area contributed by atoms with Crippen LogP contribution in [-0.4, -0.2) is 19.6 Å². The number of hydrogen-bond donors (Lipinski definition) is 1. The van der Waals surface area contributed by atoms with E-state index in [2.05, 4.69) is 69.2 Å². The fourth-order valence-corrected chi connectivity index (χ4v) is 2.48. The summed E-state index contributed by atoms with van der Waals surface area (Å²) in [5, 5.41) is 6.95. The zero-order valence-corrected chi connectivity index (χ0v) is 11.6. The van der Waals surface area contributed by atoms with Crippen LogP contribution in [0.4, 0.5) is 0 Å². The summed E-state index contributed by atoms with van der Waals surface area (Å²) in [6, 6.07) is 14.4. The summed E-state index contributed by atoms with van der Waals surface area (Å²) in [5.41, 5.74) is 6.42. The molecule has 0 unspecified atom stereocenters. The molecule has 0 fully saturated rings. The first-order valence-corrected chi connectivity index (χ1v) is 6.85. The fourth-order valence-electron chi connectivity index (χ4n) is 2.48. The van der Waals surface area contributed by atoms with Gasteiger partial charge in [-0.1, -0.05) is 30.3 Å². The van der Waals surface area contributed by atoms with E-state index in [9.17, 15) is 0 Å². The largest absolute Gasteiger partial charge is 0.306 e. The van der Waals surface area contributed by atoms with Crippen LogP contribution in [0.15, 0.2) is 61.1 Å². The molecule has 0 spiro atoms. The number of hydrogen-bond acceptors (Lipinski definition) is 2. The summed E-state index contributed by atoms with van der Waals surface area (Å²) in [6.07, 6.45) is 5.91. The van der Waals surface area contributed by atoms with Gasteiger partial charge in [-0.3, -0.25) is 5.10 Å². The van der Waals surface area contributed by atoms with E-state index in [1.54, 1.807) is 6.20 Å². The maximum atomic E-state index is 4.66. The van der Waals surface area contributed by atoms with E-state index < -0.39 is 0 Å². The fraction of sp³-hybridized carbons (Fsp3) is 0.0588. The molecule has 0 aliphatic carbocycles. The van der Waals surface area contributed by atoms with Crippen LogP contribution in [0.1, 0.15) is 5.56 Å². The van der Waals surface area contributed by atoms with Crippen LogP contribution < -0.4 is 0 Å². The lowest BCUT2D eigenvalue weighted by molar-refractivity contribution is 1.10. The van der Waals surface area contributed by atoms with Gasteiger partial charge >= 0.3 is 0 Å². The van der Waals surface area contributed by atoms with Gasteiger partial charge in [0.1, 0.15) is 5.65 Å². The molecule has 0 saturated heterocycles. The maximum Gasteiger partial charge on any atom is 0.137 e. The Morgan fingerprint density at radius 1 is 0.905 bits per heavy atom. The molecular formula is C17H14N4. The second kappa shape index (κ2) is 4.59. The normalized spacial score (nSPS) is 11.1.